The summed E-state index contributed by atoms with van der Waals surface area (Å²) < 4.78 is 196. The number of para-hydroxylation sites is 1. The van der Waals surface area contributed by atoms with Gasteiger partial charge in [0.2, 0.25) is 0 Å². The fourth-order valence-corrected chi connectivity index (χ4v) is 2.14. The van der Waals surface area contributed by atoms with Crippen LogP contribution >= 0.6 is 0 Å². The first-order valence-corrected chi connectivity index (χ1v) is 8.02. The van der Waals surface area contributed by atoms with E-state index in [0.29, 0.717) is 0 Å². The van der Waals surface area contributed by atoms with Crippen LogP contribution in [0, 0.1) is 14.4 Å². The van der Waals surface area contributed by atoms with Crippen molar-refractivity contribution in [3.8, 4) is 5.75 Å². The molecule has 0 aromatic heterocycles. The number of hydrogen-bond acceptors (Lipinski definition) is 2. The molecular weight excluding hydrogens is 567 g/mol. The van der Waals surface area contributed by atoms with Crippen LogP contribution in [-0.2, 0) is 21.7 Å². The molecular formula is C17H13F15NOTi-. The van der Waals surface area contributed by atoms with Crippen LogP contribution in [0.15, 0.2) is 23.2 Å². The summed E-state index contributed by atoms with van der Waals surface area (Å²) in [5.41, 5.74) is -0.391. The summed E-state index contributed by atoms with van der Waals surface area (Å²) in [4.78, 5) is 2.52. The van der Waals surface area contributed by atoms with Gasteiger partial charge in [-0.3, -0.25) is 4.99 Å². The predicted molar refractivity (Wildman–Crippen MR) is 87.5 cm³/mol. The molecule has 0 aliphatic heterocycles. The molecule has 1 aromatic rings. The van der Waals surface area contributed by atoms with Gasteiger partial charge in [0.15, 0.2) is 0 Å². The predicted octanol–water partition coefficient (Wildman–Crippen LogP) is 6.94. The number of aryl methyl sites for hydroxylation is 1. The summed E-state index contributed by atoms with van der Waals surface area (Å²) in [5, 5.41) is 9.56. The fraction of sp³-hybridized carbons (Fsp3) is 0.529. The molecule has 0 aliphatic rings. The van der Waals surface area contributed by atoms with Crippen molar-refractivity contribution in [1.29, 1.82) is 0 Å². The van der Waals surface area contributed by atoms with Gasteiger partial charge in [-0.2, -0.15) is 65.9 Å². The maximum atomic E-state index is 13.6. The standard InChI is InChI=1S/C16H10F15NO.CH3.Ti/c1-7-3-2-4-8(9(7)33)5-32-6-10(17,18)11(19,20)12(21,22)13(23,24)14(25,26)15(27,28)16(29,30)31;;/h2-5,33H,6H2,1H3;1H3;/q;-1;. The molecule has 0 radical (unpaired) electrons. The maximum Gasteiger partial charge on any atom is 0.460 e. The Labute approximate surface area is 202 Å². The topological polar surface area (TPSA) is 32.6 Å². The number of aliphatic imine (C=N–C) groups is 1. The third-order valence-electron chi connectivity index (χ3n) is 4.18. The molecule has 0 heterocycles. The molecule has 0 amide bonds. The fourth-order valence-electron chi connectivity index (χ4n) is 2.14. The van der Waals surface area contributed by atoms with E-state index in [4.69, 9.17) is 0 Å². The molecule has 1 N–H and O–H groups in total. The van der Waals surface area contributed by atoms with Crippen LogP contribution in [0.5, 0.6) is 5.75 Å². The molecule has 0 unspecified atom stereocenters. The normalized spacial score (nSPS) is 14.5. The maximum absolute atomic E-state index is 13.6. The molecule has 0 saturated carbocycles. The Balaban J connectivity index is 0. The van der Waals surface area contributed by atoms with E-state index in [0.717, 1.165) is 6.07 Å². The molecule has 0 saturated heterocycles. The van der Waals surface area contributed by atoms with Crippen LogP contribution in [0.1, 0.15) is 11.1 Å². The largest absolute Gasteiger partial charge is 0.507 e. The third kappa shape index (κ3) is 5.54. The van der Waals surface area contributed by atoms with Crippen LogP contribution in [0.3, 0.4) is 0 Å². The van der Waals surface area contributed by atoms with E-state index in [1.54, 1.807) is 0 Å². The van der Waals surface area contributed by atoms with Gasteiger partial charge in [0, 0.05) is 33.5 Å². The van der Waals surface area contributed by atoms with Crippen molar-refractivity contribution in [3.63, 3.8) is 0 Å². The SMILES string of the molecule is Cc1cccc(C=NCC(F)(F)C(F)(F)C(F)(F)C(F)(F)C(F)(F)C(F)(F)C(F)(F)F)c1O.[CH3-].[Ti]. The first kappa shape index (κ1) is 35.5. The minimum Gasteiger partial charge on any atom is -0.507 e. The summed E-state index contributed by atoms with van der Waals surface area (Å²) in [7, 11) is 0. The van der Waals surface area contributed by atoms with Gasteiger partial charge in [0.25, 0.3) is 0 Å². The summed E-state index contributed by atoms with van der Waals surface area (Å²) >= 11 is 0. The zero-order valence-electron chi connectivity index (χ0n) is 17.1. The number of halogens is 15. The quantitative estimate of drug-likeness (QED) is 0.154. The van der Waals surface area contributed by atoms with Crippen LogP contribution in [0.4, 0.5) is 65.9 Å². The first-order chi connectivity index (χ1) is 14.4. The van der Waals surface area contributed by atoms with Crippen molar-refractivity contribution < 1.29 is 92.7 Å². The molecule has 0 bridgehead atoms. The smallest absolute Gasteiger partial charge is 0.460 e. The van der Waals surface area contributed by atoms with E-state index in [-0.39, 0.29) is 40.9 Å². The Bertz CT molecular complexity index is 896. The van der Waals surface area contributed by atoms with Gasteiger partial charge in [0.05, 0.1) is 0 Å². The van der Waals surface area contributed by atoms with Gasteiger partial charge in [-0.05, 0) is 18.6 Å². The molecule has 35 heavy (non-hydrogen) atoms. The van der Waals surface area contributed by atoms with Crippen molar-refractivity contribution >= 4 is 6.21 Å². The van der Waals surface area contributed by atoms with Gasteiger partial charge in [-0.1, -0.05) is 12.1 Å². The van der Waals surface area contributed by atoms with E-state index >= 15 is 0 Å². The van der Waals surface area contributed by atoms with Crippen LogP contribution < -0.4 is 0 Å². The summed E-state index contributed by atoms with van der Waals surface area (Å²) in [5.74, 6) is -47.5. The Hall–Kier alpha value is -1.65. The molecule has 0 atom stereocenters. The Morgan fingerprint density at radius 3 is 1.54 bits per heavy atom. The third-order valence-corrected chi connectivity index (χ3v) is 4.18. The van der Waals surface area contributed by atoms with Crippen molar-refractivity contribution in [2.45, 2.75) is 48.6 Å². The average molecular weight is 580 g/mol. The second kappa shape index (κ2) is 10.4. The first-order valence-electron chi connectivity index (χ1n) is 8.02. The monoisotopic (exact) mass is 580 g/mol. The van der Waals surface area contributed by atoms with Crippen molar-refractivity contribution in [2.75, 3.05) is 6.54 Å². The zero-order chi connectivity index (χ0) is 26.5. The molecule has 0 aliphatic carbocycles. The molecule has 2 nitrogen and oxygen atoms in total. The minimum atomic E-state index is -8.33. The minimum absolute atomic E-state index is 0. The average Bonchev–Trinajstić information content (AvgIpc) is 2.63. The molecule has 0 spiro atoms. The van der Waals surface area contributed by atoms with Gasteiger partial charge in [0.1, 0.15) is 12.3 Å². The van der Waals surface area contributed by atoms with Crippen molar-refractivity contribution in [1.82, 2.24) is 0 Å². The number of alkyl halides is 15. The van der Waals surface area contributed by atoms with E-state index < -0.39 is 59.6 Å². The Kier molecular flexibility index (Phi) is 10.5. The van der Waals surface area contributed by atoms with Crippen molar-refractivity contribution in [3.05, 3.63) is 36.8 Å². The van der Waals surface area contributed by atoms with Crippen LogP contribution in [0.25, 0.3) is 0 Å². The second-order valence-corrected chi connectivity index (χ2v) is 6.56. The van der Waals surface area contributed by atoms with Crippen LogP contribution in [0.2, 0.25) is 0 Å². The van der Waals surface area contributed by atoms with Gasteiger partial charge in [-0.25, -0.2) is 0 Å². The number of benzene rings is 1. The second-order valence-electron chi connectivity index (χ2n) is 6.56. The zero-order valence-corrected chi connectivity index (χ0v) is 18.6. The number of phenols is 1. The Morgan fingerprint density at radius 1 is 0.714 bits per heavy atom. The number of nitrogens with zero attached hydrogens (tertiary/aromatic N) is 1. The van der Waals surface area contributed by atoms with Gasteiger partial charge >= 0.3 is 41.7 Å². The molecule has 1 rings (SSSR count). The summed E-state index contributed by atoms with van der Waals surface area (Å²) in [6, 6.07) is 3.36. The van der Waals surface area contributed by atoms with Gasteiger partial charge in [-0.15, -0.1) is 0 Å². The molecule has 1 aromatic carbocycles. The summed E-state index contributed by atoms with van der Waals surface area (Å²) in [6.45, 7) is -1.59. The number of rotatable bonds is 8. The molecule has 0 fully saturated rings. The number of aromatic hydroxyl groups is 1. The van der Waals surface area contributed by atoms with E-state index in [1.165, 1.54) is 19.1 Å². The summed E-state index contributed by atoms with van der Waals surface area (Å²) in [6.07, 6.45) is -7.47. The molecule has 202 valence electrons. The van der Waals surface area contributed by atoms with Gasteiger partial charge < -0.3 is 12.5 Å². The molecule has 18 heteroatoms. The van der Waals surface area contributed by atoms with Crippen LogP contribution in [-0.4, -0.2) is 59.6 Å². The number of hydrogen-bond donors (Lipinski definition) is 1. The van der Waals surface area contributed by atoms with E-state index in [1.807, 2.05) is 0 Å². The Morgan fingerprint density at radius 2 is 1.11 bits per heavy atom. The number of phenolic OH excluding ortho intramolecular Hbond substituents is 1. The van der Waals surface area contributed by atoms with E-state index in [2.05, 4.69) is 4.99 Å². The van der Waals surface area contributed by atoms with E-state index in [9.17, 15) is 71.0 Å². The van der Waals surface area contributed by atoms with Crippen molar-refractivity contribution in [2.24, 2.45) is 4.99 Å².